The van der Waals surface area contributed by atoms with E-state index in [4.69, 9.17) is 0 Å². The predicted octanol–water partition coefficient (Wildman–Crippen LogP) is 3.12. The van der Waals surface area contributed by atoms with Crippen molar-refractivity contribution in [3.05, 3.63) is 35.9 Å². The Morgan fingerprint density at radius 3 is 2.32 bits per heavy atom. The first-order chi connectivity index (χ1) is 10.4. The molecule has 0 radical (unpaired) electrons. The molecule has 1 unspecified atom stereocenters. The maximum atomic E-state index is 12.5. The maximum Gasteiger partial charge on any atom is 0.315 e. The van der Waals surface area contributed by atoms with Crippen LogP contribution in [0.5, 0.6) is 0 Å². The summed E-state index contributed by atoms with van der Waals surface area (Å²) in [5.41, 5.74) is -0.664. The van der Waals surface area contributed by atoms with E-state index in [2.05, 4.69) is 5.32 Å². The Labute approximate surface area is 131 Å². The van der Waals surface area contributed by atoms with Crippen LogP contribution in [0.25, 0.3) is 0 Å². The zero-order chi connectivity index (χ0) is 16.2. The third-order valence-corrected chi connectivity index (χ3v) is 5.15. The fraction of sp³-hybridized carbons (Fsp3) is 0.556. The Balaban J connectivity index is 2.18. The highest BCUT2D eigenvalue weighted by Gasteiger charge is 2.41. The molecule has 4 heteroatoms. The molecule has 1 aliphatic rings. The lowest BCUT2D eigenvalue weighted by molar-refractivity contribution is -0.144. The van der Waals surface area contributed by atoms with Gasteiger partial charge in [0.15, 0.2) is 0 Å². The van der Waals surface area contributed by atoms with Gasteiger partial charge in [-0.15, -0.1) is 0 Å². The number of nitrogens with one attached hydrogen (secondary N) is 1. The van der Waals surface area contributed by atoms with Crippen LogP contribution in [0.1, 0.15) is 51.5 Å². The largest absolute Gasteiger partial charge is 0.481 e. The highest BCUT2D eigenvalue weighted by molar-refractivity contribution is 5.85. The quantitative estimate of drug-likeness (QED) is 0.848. The van der Waals surface area contributed by atoms with Crippen LogP contribution in [0.3, 0.4) is 0 Å². The van der Waals surface area contributed by atoms with Crippen molar-refractivity contribution >= 4 is 11.9 Å². The van der Waals surface area contributed by atoms with Crippen molar-refractivity contribution in [1.29, 1.82) is 0 Å². The normalized spacial score (nSPS) is 19.4. The standard InChI is InChI=1S/C18H25NO3/c1-3-18(16(21)22,14-9-5-4-6-10-14)13-19-15(20)17(2)11-7-8-12-17/h4-6,9-10H,3,7-8,11-13H2,1-2H3,(H,19,20)(H,21,22). The molecule has 1 atom stereocenters. The van der Waals surface area contributed by atoms with Gasteiger partial charge in [-0.25, -0.2) is 0 Å². The van der Waals surface area contributed by atoms with Crippen LogP contribution in [0.15, 0.2) is 30.3 Å². The van der Waals surface area contributed by atoms with E-state index in [0.717, 1.165) is 31.2 Å². The number of carboxylic acid groups (broad SMARTS) is 1. The monoisotopic (exact) mass is 303 g/mol. The van der Waals surface area contributed by atoms with E-state index in [1.807, 2.05) is 44.2 Å². The number of carbonyl (C=O) groups excluding carboxylic acids is 1. The second-order valence-electron chi connectivity index (χ2n) is 6.56. The van der Waals surface area contributed by atoms with Crippen LogP contribution < -0.4 is 5.32 Å². The summed E-state index contributed by atoms with van der Waals surface area (Å²) >= 11 is 0. The van der Waals surface area contributed by atoms with Gasteiger partial charge in [0.25, 0.3) is 0 Å². The molecule has 0 heterocycles. The molecule has 1 aromatic carbocycles. The highest BCUT2D eigenvalue weighted by Crippen LogP contribution is 2.38. The van der Waals surface area contributed by atoms with E-state index < -0.39 is 11.4 Å². The van der Waals surface area contributed by atoms with E-state index in [1.165, 1.54) is 0 Å². The number of aliphatic carboxylic acids is 1. The minimum absolute atomic E-state index is 0.0139. The fourth-order valence-electron chi connectivity index (χ4n) is 3.37. The molecule has 1 saturated carbocycles. The van der Waals surface area contributed by atoms with E-state index >= 15 is 0 Å². The van der Waals surface area contributed by atoms with E-state index in [1.54, 1.807) is 0 Å². The Bertz CT molecular complexity index is 535. The molecule has 1 amide bonds. The van der Waals surface area contributed by atoms with Crippen molar-refractivity contribution in [3.8, 4) is 0 Å². The number of carboxylic acids is 1. The van der Waals surface area contributed by atoms with Crippen molar-refractivity contribution in [2.24, 2.45) is 5.41 Å². The van der Waals surface area contributed by atoms with Crippen LogP contribution in [-0.2, 0) is 15.0 Å². The topological polar surface area (TPSA) is 66.4 Å². The van der Waals surface area contributed by atoms with Crippen molar-refractivity contribution in [3.63, 3.8) is 0 Å². The average Bonchev–Trinajstić information content (AvgIpc) is 2.97. The number of hydrogen-bond donors (Lipinski definition) is 2. The fourth-order valence-corrected chi connectivity index (χ4v) is 3.37. The number of hydrogen-bond acceptors (Lipinski definition) is 2. The van der Waals surface area contributed by atoms with Crippen LogP contribution in [0.4, 0.5) is 0 Å². The molecule has 2 rings (SSSR count). The molecule has 2 N–H and O–H groups in total. The van der Waals surface area contributed by atoms with Crippen LogP contribution in [0, 0.1) is 5.41 Å². The van der Waals surface area contributed by atoms with E-state index in [0.29, 0.717) is 6.42 Å². The van der Waals surface area contributed by atoms with Crippen LogP contribution in [-0.4, -0.2) is 23.5 Å². The molecule has 4 nitrogen and oxygen atoms in total. The summed E-state index contributed by atoms with van der Waals surface area (Å²) in [5.74, 6) is -0.905. The van der Waals surface area contributed by atoms with Gasteiger partial charge in [-0.3, -0.25) is 9.59 Å². The zero-order valence-electron chi connectivity index (χ0n) is 13.4. The summed E-state index contributed by atoms with van der Waals surface area (Å²) < 4.78 is 0. The molecule has 0 aliphatic heterocycles. The average molecular weight is 303 g/mol. The molecule has 0 aromatic heterocycles. The summed E-state index contributed by atoms with van der Waals surface area (Å²) in [6.45, 7) is 3.97. The first-order valence-corrected chi connectivity index (χ1v) is 8.02. The molecule has 1 aliphatic carbocycles. The highest BCUT2D eigenvalue weighted by atomic mass is 16.4. The summed E-state index contributed by atoms with van der Waals surface area (Å²) in [4.78, 5) is 24.4. The smallest absolute Gasteiger partial charge is 0.315 e. The van der Waals surface area contributed by atoms with Gasteiger partial charge in [-0.1, -0.05) is 57.0 Å². The summed E-state index contributed by atoms with van der Waals surface area (Å²) in [6.07, 6.45) is 4.34. The van der Waals surface area contributed by atoms with Crippen molar-refractivity contribution in [2.45, 2.75) is 51.4 Å². The molecule has 22 heavy (non-hydrogen) atoms. The number of carbonyl (C=O) groups is 2. The van der Waals surface area contributed by atoms with Gasteiger partial charge in [0.2, 0.25) is 5.91 Å². The van der Waals surface area contributed by atoms with Gasteiger partial charge in [-0.05, 0) is 24.8 Å². The van der Waals surface area contributed by atoms with Crippen molar-refractivity contribution < 1.29 is 14.7 Å². The minimum Gasteiger partial charge on any atom is -0.481 e. The second kappa shape index (κ2) is 6.51. The molecule has 0 bridgehead atoms. The maximum absolute atomic E-state index is 12.5. The van der Waals surface area contributed by atoms with Gasteiger partial charge in [0.1, 0.15) is 5.41 Å². The lowest BCUT2D eigenvalue weighted by atomic mass is 9.77. The summed E-state index contributed by atoms with van der Waals surface area (Å²) in [5, 5.41) is 12.7. The SMILES string of the molecule is CCC(CNC(=O)C1(C)CCCC1)(C(=O)O)c1ccccc1. The zero-order valence-corrected chi connectivity index (χ0v) is 13.4. The molecule has 0 spiro atoms. The number of benzene rings is 1. The first kappa shape index (κ1) is 16.5. The molecular weight excluding hydrogens is 278 g/mol. The third kappa shape index (κ3) is 3.01. The predicted molar refractivity (Wildman–Crippen MR) is 85.6 cm³/mol. The number of rotatable bonds is 6. The Morgan fingerprint density at radius 1 is 1.23 bits per heavy atom. The van der Waals surface area contributed by atoms with Gasteiger partial charge in [0, 0.05) is 12.0 Å². The van der Waals surface area contributed by atoms with Crippen molar-refractivity contribution in [1.82, 2.24) is 5.32 Å². The Morgan fingerprint density at radius 2 is 1.82 bits per heavy atom. The van der Waals surface area contributed by atoms with E-state index in [9.17, 15) is 14.7 Å². The Hall–Kier alpha value is -1.84. The van der Waals surface area contributed by atoms with Gasteiger partial charge in [0.05, 0.1) is 0 Å². The molecule has 0 saturated heterocycles. The van der Waals surface area contributed by atoms with Crippen LogP contribution in [0.2, 0.25) is 0 Å². The minimum atomic E-state index is -1.06. The van der Waals surface area contributed by atoms with Gasteiger partial charge < -0.3 is 10.4 Å². The third-order valence-electron chi connectivity index (χ3n) is 5.15. The molecule has 1 aromatic rings. The number of amides is 1. The Kier molecular flexibility index (Phi) is 4.89. The van der Waals surface area contributed by atoms with Gasteiger partial charge in [-0.2, -0.15) is 0 Å². The summed E-state index contributed by atoms with van der Waals surface area (Å²) in [7, 11) is 0. The van der Waals surface area contributed by atoms with Crippen molar-refractivity contribution in [2.75, 3.05) is 6.54 Å². The second-order valence-corrected chi connectivity index (χ2v) is 6.56. The lowest BCUT2D eigenvalue weighted by Crippen LogP contribution is -2.49. The van der Waals surface area contributed by atoms with Gasteiger partial charge >= 0.3 is 5.97 Å². The van der Waals surface area contributed by atoms with E-state index in [-0.39, 0.29) is 17.9 Å². The lowest BCUT2D eigenvalue weighted by Gasteiger charge is -2.31. The molecular formula is C18H25NO3. The molecule has 1 fully saturated rings. The molecule has 120 valence electrons. The van der Waals surface area contributed by atoms with Crippen LogP contribution >= 0.6 is 0 Å². The summed E-state index contributed by atoms with van der Waals surface area (Å²) in [6, 6.07) is 9.18. The first-order valence-electron chi connectivity index (χ1n) is 8.02.